The molecule has 0 N–H and O–H groups in total. The molecule has 0 radical (unpaired) electrons. The second kappa shape index (κ2) is 6.29. The van der Waals surface area contributed by atoms with Crippen LogP contribution < -0.4 is 4.74 Å². The highest BCUT2D eigenvalue weighted by Gasteiger charge is 2.16. The lowest BCUT2D eigenvalue weighted by atomic mass is 10.0. The zero-order valence-electron chi connectivity index (χ0n) is 13.8. The summed E-state index contributed by atoms with van der Waals surface area (Å²) < 4.78 is 7.06. The maximum atomic E-state index is 13.0. The number of hydrogen-bond acceptors (Lipinski definition) is 2. The first-order valence-corrected chi connectivity index (χ1v) is 8.12. The third-order valence-corrected chi connectivity index (χ3v) is 4.33. The van der Waals surface area contributed by atoms with E-state index in [1.54, 1.807) is 11.7 Å². The fourth-order valence-corrected chi connectivity index (χ4v) is 3.09. The maximum absolute atomic E-state index is 13.0. The summed E-state index contributed by atoms with van der Waals surface area (Å²) in [6, 6.07) is 25.2. The van der Waals surface area contributed by atoms with Crippen LogP contribution >= 0.6 is 0 Å². The van der Waals surface area contributed by atoms with E-state index < -0.39 is 0 Å². The standard InChI is InChI=1S/C22H17NO2/c1-25-18-11-7-10-17(14-18)20-15-23(21-13-6-5-12-19(20)21)22(24)16-8-3-2-4-9-16/h2-15H,1H3. The average Bonchev–Trinajstić information content (AvgIpc) is 3.08. The quantitative estimate of drug-likeness (QED) is 0.530. The van der Waals surface area contributed by atoms with Crippen LogP contribution in [0, 0.1) is 0 Å². The molecule has 0 atom stereocenters. The number of carbonyl (C=O) groups excluding carboxylic acids is 1. The van der Waals surface area contributed by atoms with Crippen molar-refractivity contribution in [1.29, 1.82) is 0 Å². The summed E-state index contributed by atoms with van der Waals surface area (Å²) in [6.45, 7) is 0. The Bertz CT molecular complexity index is 1050. The molecular formula is C22H17NO2. The molecule has 0 saturated heterocycles. The van der Waals surface area contributed by atoms with Gasteiger partial charge in [-0.2, -0.15) is 0 Å². The Kier molecular flexibility index (Phi) is 3.82. The molecule has 0 bridgehead atoms. The van der Waals surface area contributed by atoms with E-state index >= 15 is 0 Å². The van der Waals surface area contributed by atoms with Gasteiger partial charge in [-0.3, -0.25) is 9.36 Å². The number of carbonyl (C=O) groups is 1. The van der Waals surface area contributed by atoms with E-state index in [0.29, 0.717) is 5.56 Å². The van der Waals surface area contributed by atoms with E-state index in [-0.39, 0.29) is 5.91 Å². The summed E-state index contributed by atoms with van der Waals surface area (Å²) in [4.78, 5) is 13.0. The summed E-state index contributed by atoms with van der Waals surface area (Å²) in [5, 5.41) is 1.04. The molecule has 0 aliphatic rings. The van der Waals surface area contributed by atoms with Crippen LogP contribution in [-0.2, 0) is 0 Å². The van der Waals surface area contributed by atoms with Crippen LogP contribution in [0.4, 0.5) is 0 Å². The van der Waals surface area contributed by atoms with Gasteiger partial charge in [-0.25, -0.2) is 0 Å². The minimum atomic E-state index is -0.0362. The predicted molar refractivity (Wildman–Crippen MR) is 100 cm³/mol. The van der Waals surface area contributed by atoms with Gasteiger partial charge in [-0.15, -0.1) is 0 Å². The maximum Gasteiger partial charge on any atom is 0.262 e. The molecule has 3 heteroatoms. The lowest BCUT2D eigenvalue weighted by molar-refractivity contribution is 0.0965. The third kappa shape index (κ3) is 2.70. The first kappa shape index (κ1) is 15.2. The van der Waals surface area contributed by atoms with Crippen molar-refractivity contribution in [2.75, 3.05) is 7.11 Å². The van der Waals surface area contributed by atoms with E-state index in [1.165, 1.54) is 0 Å². The number of rotatable bonds is 3. The molecule has 0 unspecified atom stereocenters. The van der Waals surface area contributed by atoms with Gasteiger partial charge in [0.2, 0.25) is 0 Å². The van der Waals surface area contributed by atoms with Crippen molar-refractivity contribution >= 4 is 16.8 Å². The molecule has 1 aromatic heterocycles. The SMILES string of the molecule is COc1cccc(-c2cn(C(=O)c3ccccc3)c3ccccc23)c1. The van der Waals surface area contributed by atoms with Crippen molar-refractivity contribution in [3.63, 3.8) is 0 Å². The third-order valence-electron chi connectivity index (χ3n) is 4.33. The van der Waals surface area contributed by atoms with E-state index in [4.69, 9.17) is 4.74 Å². The van der Waals surface area contributed by atoms with Crippen molar-refractivity contribution in [2.24, 2.45) is 0 Å². The number of para-hydroxylation sites is 1. The summed E-state index contributed by atoms with van der Waals surface area (Å²) in [5.74, 6) is 0.759. The van der Waals surface area contributed by atoms with Crippen LogP contribution in [-0.4, -0.2) is 17.6 Å². The molecule has 0 saturated carbocycles. The molecule has 25 heavy (non-hydrogen) atoms. The van der Waals surface area contributed by atoms with Crippen LogP contribution in [0.25, 0.3) is 22.0 Å². The van der Waals surface area contributed by atoms with Gasteiger partial charge in [-0.1, -0.05) is 48.5 Å². The number of benzene rings is 3. The second-order valence-corrected chi connectivity index (χ2v) is 5.83. The van der Waals surface area contributed by atoms with Crippen LogP contribution in [0.15, 0.2) is 85.1 Å². The minimum absolute atomic E-state index is 0.0362. The Morgan fingerprint density at radius 1 is 0.880 bits per heavy atom. The molecule has 0 aliphatic carbocycles. The number of ether oxygens (including phenoxy) is 1. The van der Waals surface area contributed by atoms with Crippen molar-refractivity contribution in [3.8, 4) is 16.9 Å². The van der Waals surface area contributed by atoms with Gasteiger partial charge in [0.05, 0.1) is 12.6 Å². The smallest absolute Gasteiger partial charge is 0.262 e. The van der Waals surface area contributed by atoms with E-state index in [9.17, 15) is 4.79 Å². The van der Waals surface area contributed by atoms with Crippen molar-refractivity contribution in [3.05, 3.63) is 90.6 Å². The fourth-order valence-electron chi connectivity index (χ4n) is 3.09. The average molecular weight is 327 g/mol. The van der Waals surface area contributed by atoms with Gasteiger partial charge in [0.1, 0.15) is 5.75 Å². The summed E-state index contributed by atoms with van der Waals surface area (Å²) in [7, 11) is 1.65. The normalized spacial score (nSPS) is 10.8. The van der Waals surface area contributed by atoms with Gasteiger partial charge >= 0.3 is 0 Å². The Labute approximate surface area is 146 Å². The number of fused-ring (bicyclic) bond motifs is 1. The second-order valence-electron chi connectivity index (χ2n) is 5.83. The van der Waals surface area contributed by atoms with Crippen LogP contribution in [0.2, 0.25) is 0 Å². The van der Waals surface area contributed by atoms with Gasteiger partial charge < -0.3 is 4.74 Å². The van der Waals surface area contributed by atoms with E-state index in [1.807, 2.05) is 85.1 Å². The first-order chi connectivity index (χ1) is 12.3. The number of methoxy groups -OCH3 is 1. The van der Waals surface area contributed by atoms with Crippen LogP contribution in [0.5, 0.6) is 5.75 Å². The summed E-state index contributed by atoms with van der Waals surface area (Å²) in [6.07, 6.45) is 1.91. The Hall–Kier alpha value is -3.33. The van der Waals surface area contributed by atoms with Gasteiger partial charge in [0.15, 0.2) is 0 Å². The molecule has 0 aliphatic heterocycles. The first-order valence-electron chi connectivity index (χ1n) is 8.12. The lowest BCUT2D eigenvalue weighted by Gasteiger charge is -2.03. The van der Waals surface area contributed by atoms with Crippen molar-refractivity contribution in [1.82, 2.24) is 4.57 Å². The van der Waals surface area contributed by atoms with Crippen LogP contribution in [0.1, 0.15) is 10.4 Å². The van der Waals surface area contributed by atoms with Crippen molar-refractivity contribution in [2.45, 2.75) is 0 Å². The van der Waals surface area contributed by atoms with Gasteiger partial charge in [-0.05, 0) is 35.9 Å². The molecule has 1 heterocycles. The number of hydrogen-bond donors (Lipinski definition) is 0. The van der Waals surface area contributed by atoms with Crippen LogP contribution in [0.3, 0.4) is 0 Å². The Morgan fingerprint density at radius 3 is 2.44 bits per heavy atom. The topological polar surface area (TPSA) is 31.2 Å². The molecule has 4 rings (SSSR count). The van der Waals surface area contributed by atoms with E-state index in [0.717, 1.165) is 27.8 Å². The molecule has 4 aromatic rings. The lowest BCUT2D eigenvalue weighted by Crippen LogP contribution is -2.10. The van der Waals surface area contributed by atoms with E-state index in [2.05, 4.69) is 0 Å². The zero-order valence-corrected chi connectivity index (χ0v) is 13.8. The minimum Gasteiger partial charge on any atom is -0.497 e. The molecule has 0 spiro atoms. The number of aromatic nitrogens is 1. The fraction of sp³-hybridized carbons (Fsp3) is 0.0455. The van der Waals surface area contributed by atoms with Crippen molar-refractivity contribution < 1.29 is 9.53 Å². The zero-order chi connectivity index (χ0) is 17.2. The molecule has 122 valence electrons. The molecule has 0 fully saturated rings. The summed E-state index contributed by atoms with van der Waals surface area (Å²) in [5.41, 5.74) is 3.60. The Balaban J connectivity index is 1.91. The molecule has 0 amide bonds. The molecule has 3 nitrogen and oxygen atoms in total. The highest BCUT2D eigenvalue weighted by molar-refractivity contribution is 6.06. The van der Waals surface area contributed by atoms with Gasteiger partial charge in [0.25, 0.3) is 5.91 Å². The Morgan fingerprint density at radius 2 is 1.64 bits per heavy atom. The predicted octanol–water partition coefficient (Wildman–Crippen LogP) is 5.01. The number of nitrogens with zero attached hydrogens (tertiary/aromatic N) is 1. The largest absolute Gasteiger partial charge is 0.497 e. The molecular weight excluding hydrogens is 310 g/mol. The molecule has 3 aromatic carbocycles. The highest BCUT2D eigenvalue weighted by atomic mass is 16.5. The monoisotopic (exact) mass is 327 g/mol. The van der Waals surface area contributed by atoms with Gasteiger partial charge in [0, 0.05) is 22.7 Å². The highest BCUT2D eigenvalue weighted by Crippen LogP contribution is 2.32. The summed E-state index contributed by atoms with van der Waals surface area (Å²) >= 11 is 0.